The van der Waals surface area contributed by atoms with Gasteiger partial charge in [-0.25, -0.2) is 27.5 Å². The lowest BCUT2D eigenvalue weighted by Crippen LogP contribution is -2.40. The van der Waals surface area contributed by atoms with E-state index in [9.17, 15) is 12.8 Å². The maximum Gasteiger partial charge on any atom is 0.251 e. The van der Waals surface area contributed by atoms with E-state index in [1.165, 1.54) is 30.6 Å². The maximum atomic E-state index is 13.7. The lowest BCUT2D eigenvalue weighted by molar-refractivity contribution is 0.137. The Hall–Kier alpha value is -2.57. The number of hydrogen-bond acceptors (Lipinski definition) is 6. The van der Waals surface area contributed by atoms with Crippen molar-refractivity contribution in [1.29, 1.82) is 5.26 Å². The van der Waals surface area contributed by atoms with E-state index in [4.69, 9.17) is 10.00 Å². The topological polar surface area (TPSA) is 105 Å². The van der Waals surface area contributed by atoms with Crippen LogP contribution in [-0.4, -0.2) is 30.5 Å². The molecule has 26 heavy (non-hydrogen) atoms. The number of nitrogens with zero attached hydrogens (tertiary/aromatic N) is 3. The van der Waals surface area contributed by atoms with Crippen LogP contribution in [0.15, 0.2) is 41.6 Å². The summed E-state index contributed by atoms with van der Waals surface area (Å²) in [5.41, 5.74) is 0.120. The highest BCUT2D eigenvalue weighted by molar-refractivity contribution is 7.89. The number of nitriles is 1. The van der Waals surface area contributed by atoms with Crippen LogP contribution >= 0.6 is 0 Å². The second kappa shape index (κ2) is 7.76. The number of aromatic nitrogens is 2. The molecule has 1 saturated carbocycles. The number of hydrogen-bond donors (Lipinski definition) is 1. The quantitative estimate of drug-likeness (QED) is 0.857. The third-order valence-corrected chi connectivity index (χ3v) is 5.72. The standard InChI is InChI=1S/C17H17FN4O3S/c18-14-3-1-2-4-16(14)26(23,24)22-12-5-7-13(8-6-12)25-17-15(11-19)20-9-10-21-17/h1-4,9-10,12-13,22H,5-8H2. The summed E-state index contributed by atoms with van der Waals surface area (Å²) in [6, 6.07) is 6.91. The second-order valence-electron chi connectivity index (χ2n) is 5.97. The van der Waals surface area contributed by atoms with Gasteiger partial charge < -0.3 is 4.74 Å². The van der Waals surface area contributed by atoms with E-state index in [0.717, 1.165) is 6.07 Å². The number of ether oxygens (including phenoxy) is 1. The van der Waals surface area contributed by atoms with E-state index in [1.54, 1.807) is 0 Å². The summed E-state index contributed by atoms with van der Waals surface area (Å²) in [6.45, 7) is 0. The zero-order valence-electron chi connectivity index (χ0n) is 13.8. The van der Waals surface area contributed by atoms with Crippen LogP contribution in [0, 0.1) is 17.1 Å². The fraction of sp³-hybridized carbons (Fsp3) is 0.353. The van der Waals surface area contributed by atoms with Crippen molar-refractivity contribution in [3.8, 4) is 11.9 Å². The predicted molar refractivity (Wildman–Crippen MR) is 90.1 cm³/mol. The minimum absolute atomic E-state index is 0.120. The molecule has 1 N–H and O–H groups in total. The Morgan fingerprint density at radius 2 is 1.85 bits per heavy atom. The molecular weight excluding hydrogens is 359 g/mol. The van der Waals surface area contributed by atoms with E-state index < -0.39 is 15.8 Å². The molecular formula is C17H17FN4O3S. The molecule has 3 rings (SSSR count). The van der Waals surface area contributed by atoms with Crippen molar-refractivity contribution < 1.29 is 17.5 Å². The van der Waals surface area contributed by atoms with E-state index >= 15 is 0 Å². The molecule has 0 atom stereocenters. The number of nitrogens with one attached hydrogen (secondary N) is 1. The smallest absolute Gasteiger partial charge is 0.251 e. The highest BCUT2D eigenvalue weighted by Gasteiger charge is 2.28. The van der Waals surface area contributed by atoms with Gasteiger partial charge in [-0.2, -0.15) is 5.26 Å². The van der Waals surface area contributed by atoms with Crippen LogP contribution in [0.25, 0.3) is 0 Å². The second-order valence-corrected chi connectivity index (χ2v) is 7.65. The lowest BCUT2D eigenvalue weighted by atomic mass is 9.94. The molecule has 0 bridgehead atoms. The average molecular weight is 376 g/mol. The molecule has 0 aliphatic heterocycles. The van der Waals surface area contributed by atoms with E-state index in [-0.39, 0.29) is 28.6 Å². The van der Waals surface area contributed by atoms with Gasteiger partial charge in [0.05, 0.1) is 0 Å². The summed E-state index contributed by atoms with van der Waals surface area (Å²) < 4.78 is 46.7. The summed E-state index contributed by atoms with van der Waals surface area (Å²) in [7, 11) is -3.91. The van der Waals surface area contributed by atoms with Gasteiger partial charge in [0.25, 0.3) is 5.88 Å². The van der Waals surface area contributed by atoms with Crippen LogP contribution < -0.4 is 9.46 Å². The molecule has 1 aromatic carbocycles. The Balaban J connectivity index is 1.59. The first-order valence-electron chi connectivity index (χ1n) is 8.14. The van der Waals surface area contributed by atoms with Gasteiger partial charge in [0.1, 0.15) is 22.9 Å². The monoisotopic (exact) mass is 376 g/mol. The summed E-state index contributed by atoms with van der Waals surface area (Å²) in [5, 5.41) is 9.01. The van der Waals surface area contributed by atoms with Crippen LogP contribution in [0.5, 0.6) is 5.88 Å². The van der Waals surface area contributed by atoms with Gasteiger partial charge >= 0.3 is 0 Å². The van der Waals surface area contributed by atoms with E-state index in [2.05, 4.69) is 14.7 Å². The molecule has 1 aliphatic rings. The molecule has 2 aromatic rings. The molecule has 9 heteroatoms. The Labute approximate surface area is 150 Å². The van der Waals surface area contributed by atoms with Gasteiger partial charge in [-0.3, -0.25) is 0 Å². The maximum absolute atomic E-state index is 13.7. The Morgan fingerprint density at radius 1 is 1.15 bits per heavy atom. The van der Waals surface area contributed by atoms with Crippen molar-refractivity contribution in [2.45, 2.75) is 42.7 Å². The molecule has 1 heterocycles. The zero-order valence-corrected chi connectivity index (χ0v) is 14.6. The highest BCUT2D eigenvalue weighted by atomic mass is 32.2. The first kappa shape index (κ1) is 18.2. The molecule has 0 spiro atoms. The summed E-state index contributed by atoms with van der Waals surface area (Å²) in [6.07, 6.45) is 4.95. The molecule has 0 saturated heterocycles. The number of halogens is 1. The van der Waals surface area contributed by atoms with Gasteiger partial charge in [-0.15, -0.1) is 0 Å². The average Bonchev–Trinajstić information content (AvgIpc) is 2.64. The minimum Gasteiger partial charge on any atom is -0.472 e. The largest absolute Gasteiger partial charge is 0.472 e. The van der Waals surface area contributed by atoms with Crippen molar-refractivity contribution in [2.24, 2.45) is 0 Å². The summed E-state index contributed by atoms with van der Waals surface area (Å²) in [5.74, 6) is -0.589. The number of sulfonamides is 1. The number of benzene rings is 1. The molecule has 1 aliphatic carbocycles. The van der Waals surface area contributed by atoms with Gasteiger partial charge in [-0.05, 0) is 37.8 Å². The highest BCUT2D eigenvalue weighted by Crippen LogP contribution is 2.25. The Bertz CT molecular complexity index is 922. The van der Waals surface area contributed by atoms with E-state index in [1.807, 2.05) is 6.07 Å². The molecule has 7 nitrogen and oxygen atoms in total. The SMILES string of the molecule is N#Cc1nccnc1OC1CCC(NS(=O)(=O)c2ccccc2F)CC1. The predicted octanol–water partition coefficient (Wildman–Crippen LogP) is 2.16. The molecule has 0 amide bonds. The van der Waals surface area contributed by atoms with Crippen molar-refractivity contribution in [2.75, 3.05) is 0 Å². The molecule has 1 fully saturated rings. The first-order chi connectivity index (χ1) is 12.5. The van der Waals surface area contributed by atoms with Crippen molar-refractivity contribution in [3.63, 3.8) is 0 Å². The molecule has 136 valence electrons. The third-order valence-electron chi connectivity index (χ3n) is 4.17. The fourth-order valence-electron chi connectivity index (χ4n) is 2.89. The molecule has 1 aromatic heterocycles. The van der Waals surface area contributed by atoms with Crippen molar-refractivity contribution >= 4 is 10.0 Å². The Morgan fingerprint density at radius 3 is 2.54 bits per heavy atom. The van der Waals surface area contributed by atoms with Gasteiger partial charge in [-0.1, -0.05) is 12.1 Å². The Kier molecular flexibility index (Phi) is 5.44. The van der Waals surface area contributed by atoms with E-state index in [0.29, 0.717) is 25.7 Å². The van der Waals surface area contributed by atoms with Crippen LogP contribution in [0.2, 0.25) is 0 Å². The van der Waals surface area contributed by atoms with Gasteiger partial charge in [0.2, 0.25) is 15.7 Å². The molecule has 0 radical (unpaired) electrons. The van der Waals surface area contributed by atoms with Crippen LogP contribution in [0.1, 0.15) is 31.4 Å². The van der Waals surface area contributed by atoms with Crippen LogP contribution in [-0.2, 0) is 10.0 Å². The van der Waals surface area contributed by atoms with Gasteiger partial charge in [0, 0.05) is 18.4 Å². The van der Waals surface area contributed by atoms with Crippen molar-refractivity contribution in [3.05, 3.63) is 48.2 Å². The lowest BCUT2D eigenvalue weighted by Gasteiger charge is -2.29. The minimum atomic E-state index is -3.91. The first-order valence-corrected chi connectivity index (χ1v) is 9.62. The summed E-state index contributed by atoms with van der Waals surface area (Å²) in [4.78, 5) is 7.55. The fourth-order valence-corrected chi connectivity index (χ4v) is 4.27. The molecule has 0 unspecified atom stereocenters. The van der Waals surface area contributed by atoms with Crippen LogP contribution in [0.3, 0.4) is 0 Å². The third kappa shape index (κ3) is 4.15. The van der Waals surface area contributed by atoms with Crippen molar-refractivity contribution in [1.82, 2.24) is 14.7 Å². The van der Waals surface area contributed by atoms with Crippen LogP contribution in [0.4, 0.5) is 4.39 Å². The zero-order chi connectivity index (χ0) is 18.6. The summed E-state index contributed by atoms with van der Waals surface area (Å²) >= 11 is 0. The number of rotatable bonds is 5. The normalized spacial score (nSPS) is 20.3. The van der Waals surface area contributed by atoms with Gasteiger partial charge in [0.15, 0.2) is 0 Å².